The number of aromatic nitrogens is 2. The minimum Gasteiger partial charge on any atom is -0.322 e. The molecule has 2 aliphatic heterocycles. The number of piperazine rings is 1. The van der Waals surface area contributed by atoms with Crippen molar-refractivity contribution in [3.63, 3.8) is 0 Å². The molecule has 5 rings (SSSR count). The van der Waals surface area contributed by atoms with Crippen LogP contribution in [0, 0.1) is 11.5 Å². The van der Waals surface area contributed by atoms with Gasteiger partial charge in [0.1, 0.15) is 0 Å². The number of hydrogen-bond acceptors (Lipinski definition) is 7. The third-order valence-electron chi connectivity index (χ3n) is 5.43. The fourth-order valence-electron chi connectivity index (χ4n) is 3.91. The van der Waals surface area contributed by atoms with Gasteiger partial charge < -0.3 is 9.80 Å². The van der Waals surface area contributed by atoms with Crippen molar-refractivity contribution < 1.29 is 4.79 Å². The summed E-state index contributed by atoms with van der Waals surface area (Å²) in [5, 5.41) is 9.63. The summed E-state index contributed by atoms with van der Waals surface area (Å²) in [5.74, 6) is -0.0352. The molecule has 2 aliphatic rings. The third-order valence-corrected chi connectivity index (χ3v) is 7.50. The van der Waals surface area contributed by atoms with E-state index in [-0.39, 0.29) is 24.0 Å². The predicted octanol–water partition coefficient (Wildman–Crippen LogP) is 3.73. The lowest BCUT2D eigenvalue weighted by molar-refractivity contribution is 0.0832. The highest BCUT2D eigenvalue weighted by Crippen LogP contribution is 2.43. The first kappa shape index (κ1) is 18.2. The Morgan fingerprint density at radius 2 is 2.10 bits per heavy atom. The topological polar surface area (TPSA) is 72.9 Å². The van der Waals surface area contributed by atoms with Gasteiger partial charge in [0.15, 0.2) is 11.2 Å². The number of nitriles is 1. The molecule has 0 radical (unpaired) electrons. The standard InChI is InChI=1S/C21H17N5OS2/c1-13-19-16(11-25(13)12-22)26(19)21(27)20-24-10-18(29-20)15-7-8-23-9-17(15)28-14-5-3-2-4-6-14/h2-10,13,16,19H,11H2,1H3/t13?,16?,19-,26?/m0/s1. The lowest BCUT2D eigenvalue weighted by atomic mass is 10.2. The zero-order chi connectivity index (χ0) is 20.0. The van der Waals surface area contributed by atoms with E-state index in [2.05, 4.69) is 28.3 Å². The Morgan fingerprint density at radius 3 is 2.83 bits per heavy atom. The molecule has 0 aliphatic carbocycles. The fourth-order valence-corrected chi connectivity index (χ4v) is 5.82. The molecule has 1 aromatic carbocycles. The van der Waals surface area contributed by atoms with E-state index >= 15 is 0 Å². The zero-order valence-corrected chi connectivity index (χ0v) is 17.2. The van der Waals surface area contributed by atoms with E-state index in [1.807, 2.05) is 42.3 Å². The van der Waals surface area contributed by atoms with Gasteiger partial charge in [0.05, 0.1) is 29.5 Å². The molecule has 0 N–H and O–H groups in total. The number of likely N-dealkylation sites (tertiary alicyclic amines) is 1. The highest BCUT2D eigenvalue weighted by Gasteiger charge is 2.61. The van der Waals surface area contributed by atoms with Crippen molar-refractivity contribution in [2.75, 3.05) is 6.54 Å². The maximum atomic E-state index is 12.9. The second kappa shape index (κ2) is 7.17. The zero-order valence-electron chi connectivity index (χ0n) is 15.6. The van der Waals surface area contributed by atoms with Crippen LogP contribution in [0.1, 0.15) is 16.7 Å². The van der Waals surface area contributed by atoms with E-state index < -0.39 is 0 Å². The van der Waals surface area contributed by atoms with E-state index in [1.54, 1.807) is 29.1 Å². The SMILES string of the molecule is CC1[C@H]2C(CN1C#N)N2C(=O)c1ncc(-c2ccncc2Sc2ccccc2)s1. The van der Waals surface area contributed by atoms with Crippen LogP contribution in [0.25, 0.3) is 10.4 Å². The summed E-state index contributed by atoms with van der Waals surface area (Å²) in [6.45, 7) is 2.62. The van der Waals surface area contributed by atoms with Crippen LogP contribution >= 0.6 is 23.1 Å². The van der Waals surface area contributed by atoms with Gasteiger partial charge in [-0.3, -0.25) is 9.78 Å². The summed E-state index contributed by atoms with van der Waals surface area (Å²) < 4.78 is 0. The molecular weight excluding hydrogens is 402 g/mol. The van der Waals surface area contributed by atoms with Crippen molar-refractivity contribution >= 4 is 29.0 Å². The Morgan fingerprint density at radius 1 is 1.28 bits per heavy atom. The van der Waals surface area contributed by atoms with Crippen LogP contribution in [0.2, 0.25) is 0 Å². The first-order valence-corrected chi connectivity index (χ1v) is 10.9. The number of nitrogens with zero attached hydrogens (tertiary/aromatic N) is 5. The molecule has 1 amide bonds. The Bertz CT molecular complexity index is 1110. The van der Waals surface area contributed by atoms with Crippen molar-refractivity contribution in [1.82, 2.24) is 19.8 Å². The molecule has 8 heteroatoms. The molecule has 3 aromatic rings. The minimum absolute atomic E-state index is 0.0352. The molecule has 144 valence electrons. The first-order chi connectivity index (χ1) is 14.2. The summed E-state index contributed by atoms with van der Waals surface area (Å²) in [5.41, 5.74) is 1.03. The Kier molecular flexibility index (Phi) is 4.49. The third kappa shape index (κ3) is 3.16. The maximum absolute atomic E-state index is 12.9. The number of amides is 1. The second-order valence-corrected chi connectivity index (χ2v) is 9.23. The van der Waals surface area contributed by atoms with Crippen LogP contribution in [0.5, 0.6) is 0 Å². The number of carbonyl (C=O) groups excluding carboxylic acids is 1. The van der Waals surface area contributed by atoms with Gasteiger partial charge in [-0.2, -0.15) is 5.26 Å². The monoisotopic (exact) mass is 419 g/mol. The number of fused-ring (bicyclic) bond motifs is 1. The summed E-state index contributed by atoms with van der Waals surface area (Å²) >= 11 is 3.06. The number of pyridine rings is 1. The normalized spacial score (nSPS) is 22.3. The van der Waals surface area contributed by atoms with E-state index in [0.29, 0.717) is 11.6 Å². The molecule has 29 heavy (non-hydrogen) atoms. The van der Waals surface area contributed by atoms with Crippen LogP contribution in [-0.4, -0.2) is 50.3 Å². The van der Waals surface area contributed by atoms with Crippen LogP contribution < -0.4 is 0 Å². The number of carbonyl (C=O) groups is 1. The lowest BCUT2D eigenvalue weighted by Crippen LogP contribution is -2.35. The molecule has 2 saturated heterocycles. The molecular formula is C21H17N5OS2. The molecule has 6 nitrogen and oxygen atoms in total. The highest BCUT2D eigenvalue weighted by atomic mass is 32.2. The molecule has 0 spiro atoms. The summed E-state index contributed by atoms with van der Waals surface area (Å²) in [6.07, 6.45) is 7.58. The fraction of sp³-hybridized carbons (Fsp3) is 0.238. The average molecular weight is 420 g/mol. The number of rotatable bonds is 4. The molecule has 0 bridgehead atoms. The molecule has 0 saturated carbocycles. The largest absolute Gasteiger partial charge is 0.322 e. The smallest absolute Gasteiger partial charge is 0.283 e. The van der Waals surface area contributed by atoms with Gasteiger partial charge in [0, 0.05) is 33.9 Å². The van der Waals surface area contributed by atoms with Crippen molar-refractivity contribution in [1.29, 1.82) is 5.26 Å². The van der Waals surface area contributed by atoms with Crippen LogP contribution in [0.15, 0.2) is 64.8 Å². The van der Waals surface area contributed by atoms with E-state index in [0.717, 1.165) is 20.2 Å². The van der Waals surface area contributed by atoms with Gasteiger partial charge in [-0.1, -0.05) is 30.0 Å². The van der Waals surface area contributed by atoms with E-state index in [4.69, 9.17) is 5.26 Å². The summed E-state index contributed by atoms with van der Waals surface area (Å²) in [6, 6.07) is 12.4. The van der Waals surface area contributed by atoms with Gasteiger partial charge in [0.2, 0.25) is 0 Å². The minimum atomic E-state index is -0.0352. The Balaban J connectivity index is 1.37. The van der Waals surface area contributed by atoms with Gasteiger partial charge >= 0.3 is 0 Å². The summed E-state index contributed by atoms with van der Waals surface area (Å²) in [7, 11) is 0. The molecule has 4 heterocycles. The lowest BCUT2D eigenvalue weighted by Gasteiger charge is -2.20. The highest BCUT2D eigenvalue weighted by molar-refractivity contribution is 7.99. The number of thiazole rings is 1. The molecule has 2 aromatic heterocycles. The molecule has 3 atom stereocenters. The van der Waals surface area contributed by atoms with Crippen molar-refractivity contribution in [2.24, 2.45) is 0 Å². The van der Waals surface area contributed by atoms with Gasteiger partial charge in [-0.05, 0) is 25.1 Å². The predicted molar refractivity (Wildman–Crippen MR) is 111 cm³/mol. The second-order valence-electron chi connectivity index (χ2n) is 7.08. The van der Waals surface area contributed by atoms with Crippen molar-refractivity contribution in [2.45, 2.75) is 34.8 Å². The number of hydrogen-bond donors (Lipinski definition) is 0. The van der Waals surface area contributed by atoms with E-state index in [1.165, 1.54) is 11.3 Å². The van der Waals surface area contributed by atoms with Crippen molar-refractivity contribution in [3.8, 4) is 16.6 Å². The van der Waals surface area contributed by atoms with Crippen molar-refractivity contribution in [3.05, 3.63) is 60.0 Å². The Labute approximate surface area is 176 Å². The maximum Gasteiger partial charge on any atom is 0.283 e. The van der Waals surface area contributed by atoms with Crippen LogP contribution in [0.4, 0.5) is 0 Å². The van der Waals surface area contributed by atoms with Gasteiger partial charge in [0.25, 0.3) is 5.91 Å². The first-order valence-electron chi connectivity index (χ1n) is 9.29. The Hall–Kier alpha value is -2.89. The van der Waals surface area contributed by atoms with Gasteiger partial charge in [-0.25, -0.2) is 4.98 Å². The quantitative estimate of drug-likeness (QED) is 0.474. The van der Waals surface area contributed by atoms with E-state index in [9.17, 15) is 4.79 Å². The number of benzene rings is 1. The summed E-state index contributed by atoms with van der Waals surface area (Å²) in [4.78, 5) is 28.3. The van der Waals surface area contributed by atoms with Gasteiger partial charge in [-0.15, -0.1) is 11.3 Å². The molecule has 2 unspecified atom stereocenters. The molecule has 2 fully saturated rings. The van der Waals surface area contributed by atoms with Crippen LogP contribution in [-0.2, 0) is 0 Å². The van der Waals surface area contributed by atoms with Crippen LogP contribution in [0.3, 0.4) is 0 Å². The average Bonchev–Trinajstić information content (AvgIpc) is 3.07.